The van der Waals surface area contributed by atoms with Gasteiger partial charge in [-0.1, -0.05) is 34.1 Å². The van der Waals surface area contributed by atoms with Crippen molar-refractivity contribution in [2.45, 2.75) is 82.9 Å². The third kappa shape index (κ3) is 3.29. The van der Waals surface area contributed by atoms with E-state index in [0.717, 1.165) is 0 Å². The lowest BCUT2D eigenvalue weighted by atomic mass is 9.56. The Morgan fingerprint density at radius 2 is 1.91 bits per heavy atom. The summed E-state index contributed by atoms with van der Waals surface area (Å²) in [6, 6.07) is 0. The molecule has 0 aromatic heterocycles. The summed E-state index contributed by atoms with van der Waals surface area (Å²) in [6.45, 7) is 5.60. The second kappa shape index (κ2) is 7.59. The number of ketones is 2. The lowest BCUT2D eigenvalue weighted by Gasteiger charge is -2.56. The summed E-state index contributed by atoms with van der Waals surface area (Å²) in [4.78, 5) is 38.3. The second-order valence-electron chi connectivity index (χ2n) is 10.1. The normalized spacial score (nSPS) is 38.9. The molecule has 2 bridgehead atoms. The molecule has 182 valence electrons. The molecule has 0 aromatic rings. The van der Waals surface area contributed by atoms with Crippen molar-refractivity contribution in [3.05, 3.63) is 0 Å². The largest absolute Gasteiger partial charge is 0.523 e. The molecule has 3 rings (SSSR count). The highest BCUT2D eigenvalue weighted by atomic mass is 32.2. The molecular weight excluding hydrogens is 453 g/mol. The van der Waals surface area contributed by atoms with Crippen molar-refractivity contribution in [3.8, 4) is 0 Å². The van der Waals surface area contributed by atoms with Gasteiger partial charge in [-0.15, -0.1) is 0 Å². The Kier molecular flexibility index (Phi) is 6.00. The van der Waals surface area contributed by atoms with Gasteiger partial charge < -0.3 is 9.53 Å². The molecule has 2 aliphatic heterocycles. The maximum Gasteiger partial charge on any atom is 0.523 e. The maximum atomic E-state index is 13.9. The SMILES string of the molecule is CCC(=O)C[C@H]1C(=O)[C@@]23O[C@](COS(=O)(=O)C(F)(F)F)(C[C@]2(C)CCC[C@@H]3C=O)C1(C)C. The van der Waals surface area contributed by atoms with Crippen molar-refractivity contribution in [1.82, 2.24) is 0 Å². The van der Waals surface area contributed by atoms with Gasteiger partial charge in [0.2, 0.25) is 0 Å². The van der Waals surface area contributed by atoms with Crippen LogP contribution in [0.5, 0.6) is 0 Å². The number of Topliss-reactive ketones (excluding diaryl/α,β-unsaturated/α-hetero) is 2. The number of aldehydes is 1. The molecular formula is C21H29F3O7S. The minimum atomic E-state index is -5.91. The molecule has 2 heterocycles. The van der Waals surface area contributed by atoms with Crippen LogP contribution in [0.2, 0.25) is 0 Å². The number of hydrogen-bond acceptors (Lipinski definition) is 7. The topological polar surface area (TPSA) is 104 Å². The molecule has 0 radical (unpaired) electrons. The van der Waals surface area contributed by atoms with Crippen LogP contribution in [-0.4, -0.2) is 49.6 Å². The van der Waals surface area contributed by atoms with Gasteiger partial charge in [0.1, 0.15) is 23.3 Å². The average Bonchev–Trinajstić information content (AvgIpc) is 2.97. The van der Waals surface area contributed by atoms with E-state index in [1.165, 1.54) is 0 Å². The van der Waals surface area contributed by atoms with Crippen molar-refractivity contribution < 1.29 is 44.9 Å². The number of rotatable bonds is 7. The van der Waals surface area contributed by atoms with Crippen molar-refractivity contribution in [2.24, 2.45) is 22.7 Å². The standard InChI is InChI=1S/C21H29F3O7S/c1-5-14(26)9-15-16(27)20-13(10-25)7-6-8-18(20,4)11-19(31-20,17(15,2)3)12-30-32(28,29)21(22,23)24/h10,13,15H,5-9,11-12H2,1-4H3/t13-,15+,18+,19+,20-/m1/s1. The Morgan fingerprint density at radius 1 is 1.28 bits per heavy atom. The van der Waals surface area contributed by atoms with Crippen LogP contribution < -0.4 is 0 Å². The van der Waals surface area contributed by atoms with Gasteiger partial charge in [0.25, 0.3) is 0 Å². The number of ether oxygens (including phenoxy) is 1. The predicted octanol–water partition coefficient (Wildman–Crippen LogP) is 3.35. The Bertz CT molecular complexity index is 928. The zero-order valence-electron chi connectivity index (χ0n) is 18.6. The van der Waals surface area contributed by atoms with Crippen LogP contribution in [0, 0.1) is 22.7 Å². The van der Waals surface area contributed by atoms with Gasteiger partial charge in [0, 0.05) is 29.6 Å². The van der Waals surface area contributed by atoms with E-state index in [0.29, 0.717) is 25.5 Å². The van der Waals surface area contributed by atoms with Crippen LogP contribution in [0.4, 0.5) is 13.2 Å². The van der Waals surface area contributed by atoms with E-state index in [1.54, 1.807) is 27.7 Å². The average molecular weight is 483 g/mol. The number of halogens is 3. The Hall–Kier alpha value is -1.33. The summed E-state index contributed by atoms with van der Waals surface area (Å²) in [5, 5.41) is 0. The molecule has 0 N–H and O–H groups in total. The van der Waals surface area contributed by atoms with Crippen LogP contribution in [0.25, 0.3) is 0 Å². The third-order valence-electron chi connectivity index (χ3n) is 8.14. The molecule has 1 spiro atoms. The molecule has 0 unspecified atom stereocenters. The summed E-state index contributed by atoms with van der Waals surface area (Å²) in [5.74, 6) is -2.42. The smallest absolute Gasteiger partial charge is 0.356 e. The monoisotopic (exact) mass is 482 g/mol. The fourth-order valence-corrected chi connectivity index (χ4v) is 6.60. The quantitative estimate of drug-likeness (QED) is 0.311. The van der Waals surface area contributed by atoms with Gasteiger partial charge in [0.15, 0.2) is 5.78 Å². The molecule has 7 nitrogen and oxygen atoms in total. The number of carbonyl (C=O) groups is 3. The van der Waals surface area contributed by atoms with E-state index in [1.807, 2.05) is 0 Å². The van der Waals surface area contributed by atoms with Crippen LogP contribution in [0.1, 0.15) is 66.2 Å². The molecule has 32 heavy (non-hydrogen) atoms. The van der Waals surface area contributed by atoms with E-state index in [9.17, 15) is 36.0 Å². The zero-order chi connectivity index (χ0) is 24.4. The zero-order valence-corrected chi connectivity index (χ0v) is 19.4. The van der Waals surface area contributed by atoms with Gasteiger partial charge in [-0.25, -0.2) is 0 Å². The fourth-order valence-electron chi connectivity index (χ4n) is 6.13. The van der Waals surface area contributed by atoms with Crippen molar-refractivity contribution >= 4 is 28.0 Å². The summed E-state index contributed by atoms with van der Waals surface area (Å²) >= 11 is 0. The van der Waals surface area contributed by atoms with Gasteiger partial charge in [0.05, 0.1) is 12.5 Å². The van der Waals surface area contributed by atoms with E-state index >= 15 is 0 Å². The molecule has 3 aliphatic rings. The Labute approximate surface area is 185 Å². The van der Waals surface area contributed by atoms with Gasteiger partial charge in [-0.05, 0) is 19.3 Å². The van der Waals surface area contributed by atoms with Crippen LogP contribution in [0.3, 0.4) is 0 Å². The van der Waals surface area contributed by atoms with Gasteiger partial charge in [-0.3, -0.25) is 13.8 Å². The Morgan fingerprint density at radius 3 is 2.44 bits per heavy atom. The molecule has 5 atom stereocenters. The molecule has 0 aromatic carbocycles. The first-order valence-electron chi connectivity index (χ1n) is 10.7. The van der Waals surface area contributed by atoms with E-state index in [-0.39, 0.29) is 25.0 Å². The fraction of sp³-hybridized carbons (Fsp3) is 0.857. The molecule has 1 aliphatic carbocycles. The predicted molar refractivity (Wildman–Crippen MR) is 106 cm³/mol. The van der Waals surface area contributed by atoms with Gasteiger partial charge >= 0.3 is 15.6 Å². The van der Waals surface area contributed by atoms with Crippen LogP contribution in [-0.2, 0) is 33.4 Å². The number of fused-ring (bicyclic) bond motifs is 1. The van der Waals surface area contributed by atoms with Gasteiger partial charge in [-0.2, -0.15) is 21.6 Å². The summed E-state index contributed by atoms with van der Waals surface area (Å²) in [6.07, 6.45) is 2.11. The summed E-state index contributed by atoms with van der Waals surface area (Å²) < 4.78 is 73.0. The Balaban J connectivity index is 2.16. The minimum Gasteiger partial charge on any atom is -0.356 e. The first-order valence-corrected chi connectivity index (χ1v) is 12.1. The first-order chi connectivity index (χ1) is 14.5. The first kappa shape index (κ1) is 25.3. The van der Waals surface area contributed by atoms with E-state index in [2.05, 4.69) is 4.18 Å². The van der Waals surface area contributed by atoms with Crippen molar-refractivity contribution in [3.63, 3.8) is 0 Å². The van der Waals surface area contributed by atoms with Crippen molar-refractivity contribution in [1.29, 1.82) is 0 Å². The molecule has 11 heteroatoms. The molecule has 1 saturated carbocycles. The highest BCUT2D eigenvalue weighted by Crippen LogP contribution is 2.70. The second-order valence-corrected chi connectivity index (χ2v) is 11.7. The van der Waals surface area contributed by atoms with Crippen LogP contribution >= 0.6 is 0 Å². The number of hydrogen-bond donors (Lipinski definition) is 0. The molecule has 0 amide bonds. The molecule has 3 fully saturated rings. The van der Waals surface area contributed by atoms with Crippen molar-refractivity contribution in [2.75, 3.05) is 6.61 Å². The highest BCUT2D eigenvalue weighted by Gasteiger charge is 2.78. The number of carbonyl (C=O) groups excluding carboxylic acids is 3. The maximum absolute atomic E-state index is 13.9. The molecule has 2 saturated heterocycles. The third-order valence-corrected chi connectivity index (χ3v) is 9.14. The number of alkyl halides is 3. The summed E-state index contributed by atoms with van der Waals surface area (Å²) in [5.41, 5.74) is -11.0. The lowest BCUT2D eigenvalue weighted by molar-refractivity contribution is -0.244. The van der Waals surface area contributed by atoms with E-state index in [4.69, 9.17) is 4.74 Å². The van der Waals surface area contributed by atoms with Crippen LogP contribution in [0.15, 0.2) is 0 Å². The lowest BCUT2D eigenvalue weighted by Crippen LogP contribution is -2.68. The highest BCUT2D eigenvalue weighted by molar-refractivity contribution is 7.87. The summed E-state index contributed by atoms with van der Waals surface area (Å²) in [7, 11) is -5.91. The van der Waals surface area contributed by atoms with E-state index < -0.39 is 61.9 Å². The minimum absolute atomic E-state index is 0.0350.